The fourth-order valence-corrected chi connectivity index (χ4v) is 5.76. The van der Waals surface area contributed by atoms with E-state index >= 15 is 0 Å². The van der Waals surface area contributed by atoms with Gasteiger partial charge >= 0.3 is 0 Å². The van der Waals surface area contributed by atoms with Crippen LogP contribution in [0.5, 0.6) is 0 Å². The van der Waals surface area contributed by atoms with Crippen molar-refractivity contribution in [2.75, 3.05) is 13.2 Å². The number of carbonyl (C=O) groups excluding carboxylic acids is 2. The second-order valence-corrected chi connectivity index (χ2v) is 9.20. The number of pyridine rings is 1. The van der Waals surface area contributed by atoms with E-state index in [9.17, 15) is 19.5 Å². The Morgan fingerprint density at radius 2 is 2.12 bits per heavy atom. The maximum atomic E-state index is 13.7. The van der Waals surface area contributed by atoms with Crippen molar-refractivity contribution in [2.45, 2.75) is 51.2 Å². The zero-order valence-corrected chi connectivity index (χ0v) is 19.2. The molecule has 4 atom stereocenters. The SMILES string of the molecule is CCCNC(=O)[C@@H]1[C@@H](CO)[C@@H]2Cn3c(ccc(C4=CCCC4)c3=O)[C@@H]2N1C(=O)c1cnccn1. The average Bonchev–Trinajstić information content (AvgIpc) is 3.58. The van der Waals surface area contributed by atoms with E-state index in [1.165, 1.54) is 23.5 Å². The van der Waals surface area contributed by atoms with Gasteiger partial charge in [0.05, 0.1) is 12.2 Å². The van der Waals surface area contributed by atoms with Crippen LogP contribution < -0.4 is 10.9 Å². The van der Waals surface area contributed by atoms with Crippen LogP contribution in [0.4, 0.5) is 0 Å². The summed E-state index contributed by atoms with van der Waals surface area (Å²) >= 11 is 0. The number of carbonyl (C=O) groups is 2. The molecule has 3 aliphatic rings. The van der Waals surface area contributed by atoms with E-state index in [1.54, 1.807) is 4.57 Å². The fraction of sp³-hybridized carbons (Fsp3) is 0.480. The predicted octanol–water partition coefficient (Wildman–Crippen LogP) is 1.54. The minimum Gasteiger partial charge on any atom is -0.396 e. The molecular weight excluding hydrogens is 434 g/mol. The van der Waals surface area contributed by atoms with Gasteiger partial charge in [-0.1, -0.05) is 13.0 Å². The van der Waals surface area contributed by atoms with Gasteiger partial charge in [-0.15, -0.1) is 0 Å². The lowest BCUT2D eigenvalue weighted by atomic mass is 9.88. The normalized spacial score (nSPS) is 25.1. The molecule has 5 rings (SSSR count). The van der Waals surface area contributed by atoms with E-state index in [0.717, 1.165) is 31.3 Å². The molecule has 2 aromatic rings. The van der Waals surface area contributed by atoms with Crippen LogP contribution in [0.1, 0.15) is 60.4 Å². The van der Waals surface area contributed by atoms with Gasteiger partial charge in [0.1, 0.15) is 11.7 Å². The molecule has 0 radical (unpaired) electrons. The third kappa shape index (κ3) is 3.55. The molecule has 2 aromatic heterocycles. The molecule has 178 valence electrons. The van der Waals surface area contributed by atoms with Gasteiger partial charge in [0.15, 0.2) is 0 Å². The van der Waals surface area contributed by atoms with Crippen LogP contribution >= 0.6 is 0 Å². The Hall–Kier alpha value is -3.33. The Morgan fingerprint density at radius 1 is 1.26 bits per heavy atom. The molecule has 0 bridgehead atoms. The van der Waals surface area contributed by atoms with Crippen molar-refractivity contribution < 1.29 is 14.7 Å². The summed E-state index contributed by atoms with van der Waals surface area (Å²) < 4.78 is 1.73. The molecular formula is C25H29N5O4. The van der Waals surface area contributed by atoms with Crippen LogP contribution in [-0.4, -0.2) is 55.5 Å². The third-order valence-electron chi connectivity index (χ3n) is 7.30. The predicted molar refractivity (Wildman–Crippen MR) is 125 cm³/mol. The Balaban J connectivity index is 1.60. The van der Waals surface area contributed by atoms with Crippen molar-refractivity contribution in [3.8, 4) is 0 Å². The highest BCUT2D eigenvalue weighted by atomic mass is 16.3. The van der Waals surface area contributed by atoms with Crippen molar-refractivity contribution >= 4 is 17.4 Å². The van der Waals surface area contributed by atoms with Gasteiger partial charge in [-0.25, -0.2) is 4.98 Å². The molecule has 1 aliphatic carbocycles. The van der Waals surface area contributed by atoms with Gasteiger partial charge in [0.2, 0.25) is 5.91 Å². The Bertz CT molecular complexity index is 1190. The van der Waals surface area contributed by atoms with Crippen LogP contribution in [0.25, 0.3) is 5.57 Å². The smallest absolute Gasteiger partial charge is 0.275 e. The highest BCUT2D eigenvalue weighted by Crippen LogP contribution is 2.49. The maximum Gasteiger partial charge on any atom is 0.275 e. The van der Waals surface area contributed by atoms with Crippen molar-refractivity contribution in [3.63, 3.8) is 0 Å². The second-order valence-electron chi connectivity index (χ2n) is 9.20. The van der Waals surface area contributed by atoms with E-state index < -0.39 is 23.9 Å². The molecule has 2 N–H and O–H groups in total. The number of aliphatic hydroxyl groups excluding tert-OH is 1. The highest BCUT2D eigenvalue weighted by molar-refractivity contribution is 5.97. The van der Waals surface area contributed by atoms with Crippen LogP contribution in [0.15, 0.2) is 41.6 Å². The fourth-order valence-electron chi connectivity index (χ4n) is 5.76. The lowest BCUT2D eigenvalue weighted by Crippen LogP contribution is -2.50. The molecule has 0 unspecified atom stereocenters. The molecule has 4 heterocycles. The minimum absolute atomic E-state index is 0.0735. The first kappa shape index (κ1) is 22.5. The number of aromatic nitrogens is 3. The van der Waals surface area contributed by atoms with Gasteiger partial charge in [-0.2, -0.15) is 0 Å². The Morgan fingerprint density at radius 3 is 2.79 bits per heavy atom. The van der Waals surface area contributed by atoms with E-state index in [1.807, 2.05) is 19.1 Å². The Kier molecular flexibility index (Phi) is 6.03. The quantitative estimate of drug-likeness (QED) is 0.671. The number of hydrogen-bond donors (Lipinski definition) is 2. The summed E-state index contributed by atoms with van der Waals surface area (Å²) in [6.45, 7) is 2.52. The van der Waals surface area contributed by atoms with Gasteiger partial charge < -0.3 is 19.9 Å². The summed E-state index contributed by atoms with van der Waals surface area (Å²) in [6, 6.07) is 2.38. The number of nitrogens with one attached hydrogen (secondary N) is 1. The molecule has 9 nitrogen and oxygen atoms in total. The number of likely N-dealkylation sites (tertiary alicyclic amines) is 1. The lowest BCUT2D eigenvalue weighted by molar-refractivity contribution is -0.126. The molecule has 0 spiro atoms. The molecule has 0 aromatic carbocycles. The summed E-state index contributed by atoms with van der Waals surface area (Å²) in [4.78, 5) is 50.0. The summed E-state index contributed by atoms with van der Waals surface area (Å²) in [7, 11) is 0. The summed E-state index contributed by atoms with van der Waals surface area (Å²) in [5.74, 6) is -1.49. The summed E-state index contributed by atoms with van der Waals surface area (Å²) in [5.41, 5.74) is 2.52. The largest absolute Gasteiger partial charge is 0.396 e. The number of amides is 2. The number of fused-ring (bicyclic) bond motifs is 3. The first-order valence-electron chi connectivity index (χ1n) is 12.0. The molecule has 2 amide bonds. The summed E-state index contributed by atoms with van der Waals surface area (Å²) in [6.07, 6.45) is 10.1. The van der Waals surface area contributed by atoms with Crippen LogP contribution in [0.2, 0.25) is 0 Å². The van der Waals surface area contributed by atoms with Gasteiger partial charge in [-0.05, 0) is 43.4 Å². The maximum absolute atomic E-state index is 13.7. The zero-order chi connectivity index (χ0) is 23.8. The van der Waals surface area contributed by atoms with E-state index in [-0.39, 0.29) is 29.7 Å². The van der Waals surface area contributed by atoms with Crippen molar-refractivity contribution in [2.24, 2.45) is 11.8 Å². The monoisotopic (exact) mass is 463 g/mol. The lowest BCUT2D eigenvalue weighted by Gasteiger charge is -2.30. The first-order chi connectivity index (χ1) is 16.6. The highest BCUT2D eigenvalue weighted by Gasteiger charge is 2.57. The van der Waals surface area contributed by atoms with Crippen molar-refractivity contribution in [3.05, 3.63) is 64.1 Å². The Labute approximate surface area is 197 Å². The molecule has 9 heteroatoms. The standard InChI is InChI=1S/C25H29N5O4/c1-2-9-28-23(32)22-18(14-31)17-13-29-20(8-7-16(24(29)33)15-5-3-4-6-15)21(17)30(22)25(34)19-12-26-10-11-27-19/h5,7-8,10-12,17-18,21-22,31H,2-4,6,9,13-14H2,1H3,(H,28,32)/t17-,18-,21+,22-/m0/s1. The minimum atomic E-state index is -0.859. The molecule has 0 saturated carbocycles. The summed E-state index contributed by atoms with van der Waals surface area (Å²) in [5, 5.41) is 13.3. The topological polar surface area (TPSA) is 117 Å². The first-order valence-corrected chi connectivity index (χ1v) is 12.0. The zero-order valence-electron chi connectivity index (χ0n) is 19.2. The van der Waals surface area contributed by atoms with Crippen LogP contribution in [-0.2, 0) is 11.3 Å². The van der Waals surface area contributed by atoms with Crippen molar-refractivity contribution in [1.29, 1.82) is 0 Å². The number of allylic oxidation sites excluding steroid dienone is 2. The number of nitrogens with zero attached hydrogens (tertiary/aromatic N) is 4. The molecule has 1 saturated heterocycles. The van der Waals surface area contributed by atoms with Crippen LogP contribution in [0, 0.1) is 11.8 Å². The number of aliphatic hydroxyl groups is 1. The number of hydrogen-bond acceptors (Lipinski definition) is 6. The van der Waals surface area contributed by atoms with E-state index in [4.69, 9.17) is 0 Å². The van der Waals surface area contributed by atoms with Gasteiger partial charge in [-0.3, -0.25) is 19.4 Å². The van der Waals surface area contributed by atoms with Gasteiger partial charge in [0.25, 0.3) is 11.5 Å². The third-order valence-corrected chi connectivity index (χ3v) is 7.30. The van der Waals surface area contributed by atoms with E-state index in [0.29, 0.717) is 24.3 Å². The van der Waals surface area contributed by atoms with Crippen LogP contribution in [0.3, 0.4) is 0 Å². The number of rotatable bonds is 6. The molecule has 2 aliphatic heterocycles. The molecule has 34 heavy (non-hydrogen) atoms. The van der Waals surface area contributed by atoms with Crippen molar-refractivity contribution in [1.82, 2.24) is 24.8 Å². The van der Waals surface area contributed by atoms with Gasteiger partial charge in [0, 0.05) is 55.2 Å². The van der Waals surface area contributed by atoms with E-state index in [2.05, 4.69) is 21.4 Å². The average molecular weight is 464 g/mol. The molecule has 1 fully saturated rings. The second kappa shape index (κ2) is 9.13.